The molecule has 1 unspecified atom stereocenters. The van der Waals surface area contributed by atoms with E-state index in [0.29, 0.717) is 13.1 Å². The number of halogens is 1. The van der Waals surface area contributed by atoms with Gasteiger partial charge in [-0.15, -0.1) is 35.5 Å². The van der Waals surface area contributed by atoms with E-state index in [-0.39, 0.29) is 29.0 Å². The smallest absolute Gasteiger partial charge is 0.239 e. The maximum atomic E-state index is 12.6. The van der Waals surface area contributed by atoms with Crippen LogP contribution >= 0.6 is 35.5 Å². The Morgan fingerprint density at radius 3 is 2.90 bits per heavy atom. The van der Waals surface area contributed by atoms with Crippen LogP contribution in [0, 0.1) is 5.41 Å². The van der Waals surface area contributed by atoms with Gasteiger partial charge in [0.2, 0.25) is 5.91 Å². The number of carbonyl (C=O) groups is 1. The molecule has 1 aliphatic heterocycles. The third-order valence-corrected chi connectivity index (χ3v) is 5.72. The highest BCUT2D eigenvalue weighted by Gasteiger charge is 2.31. The molecule has 1 aromatic rings. The molecule has 0 bridgehead atoms. The predicted octanol–water partition coefficient (Wildman–Crippen LogP) is 2.94. The van der Waals surface area contributed by atoms with Gasteiger partial charge in [0, 0.05) is 18.5 Å². The Morgan fingerprint density at radius 1 is 1.55 bits per heavy atom. The van der Waals surface area contributed by atoms with Crippen LogP contribution in [0.4, 0.5) is 0 Å². The number of likely N-dealkylation sites (N-methyl/N-ethyl adjacent to an activating group) is 1. The summed E-state index contributed by atoms with van der Waals surface area (Å²) in [4.78, 5) is 15.8. The molecule has 114 valence electrons. The molecule has 0 spiro atoms. The Labute approximate surface area is 135 Å². The van der Waals surface area contributed by atoms with Crippen molar-refractivity contribution in [3.63, 3.8) is 0 Å². The Morgan fingerprint density at radius 2 is 2.25 bits per heavy atom. The van der Waals surface area contributed by atoms with Crippen LogP contribution in [0.2, 0.25) is 0 Å². The minimum Gasteiger partial charge on any atom is -0.344 e. The van der Waals surface area contributed by atoms with E-state index in [9.17, 15) is 4.79 Å². The number of hydrogen-bond acceptors (Lipinski definition) is 4. The van der Waals surface area contributed by atoms with Crippen molar-refractivity contribution >= 4 is 41.4 Å². The van der Waals surface area contributed by atoms with Gasteiger partial charge in [0.15, 0.2) is 0 Å². The predicted molar refractivity (Wildman–Crippen MR) is 90.9 cm³/mol. The van der Waals surface area contributed by atoms with Crippen molar-refractivity contribution in [3.05, 3.63) is 21.9 Å². The SMILES string of the molecule is CN(CC(C)(C)CN)C(=O)C1SCCc2sccc21.Cl. The third-order valence-electron chi connectivity index (χ3n) is 3.49. The largest absolute Gasteiger partial charge is 0.344 e. The zero-order valence-corrected chi connectivity index (χ0v) is 14.7. The van der Waals surface area contributed by atoms with Crippen molar-refractivity contribution in [2.75, 3.05) is 25.9 Å². The Kier molecular flexibility index (Phi) is 6.38. The second-order valence-electron chi connectivity index (χ2n) is 5.86. The number of thioether (sulfide) groups is 1. The quantitative estimate of drug-likeness (QED) is 0.920. The number of amides is 1. The topological polar surface area (TPSA) is 46.3 Å². The monoisotopic (exact) mass is 334 g/mol. The summed E-state index contributed by atoms with van der Waals surface area (Å²) in [7, 11) is 1.89. The van der Waals surface area contributed by atoms with E-state index in [1.807, 2.05) is 11.9 Å². The molecular weight excluding hydrogens is 312 g/mol. The van der Waals surface area contributed by atoms with Crippen LogP contribution < -0.4 is 5.73 Å². The van der Waals surface area contributed by atoms with Crippen molar-refractivity contribution in [3.8, 4) is 0 Å². The Bertz CT molecular complexity index is 462. The van der Waals surface area contributed by atoms with Gasteiger partial charge in [0.1, 0.15) is 5.25 Å². The molecule has 2 rings (SSSR count). The fourth-order valence-corrected chi connectivity index (χ4v) is 4.74. The van der Waals surface area contributed by atoms with Gasteiger partial charge in [-0.05, 0) is 41.1 Å². The average molecular weight is 335 g/mol. The number of carbonyl (C=O) groups excluding carboxylic acids is 1. The second kappa shape index (κ2) is 7.16. The van der Waals surface area contributed by atoms with Crippen molar-refractivity contribution in [2.45, 2.75) is 25.5 Å². The lowest BCUT2D eigenvalue weighted by Crippen LogP contribution is -2.41. The van der Waals surface area contributed by atoms with E-state index in [1.54, 1.807) is 23.1 Å². The van der Waals surface area contributed by atoms with E-state index >= 15 is 0 Å². The number of rotatable bonds is 4. The molecule has 3 nitrogen and oxygen atoms in total. The Hall–Kier alpha value is -0.230. The molecular formula is C14H23ClN2OS2. The fourth-order valence-electron chi connectivity index (χ4n) is 2.34. The molecule has 20 heavy (non-hydrogen) atoms. The van der Waals surface area contributed by atoms with Crippen molar-refractivity contribution in [1.29, 1.82) is 0 Å². The van der Waals surface area contributed by atoms with Gasteiger partial charge in [0.25, 0.3) is 0 Å². The van der Waals surface area contributed by atoms with Crippen LogP contribution in [0.15, 0.2) is 11.4 Å². The van der Waals surface area contributed by atoms with E-state index in [0.717, 1.165) is 12.2 Å². The Balaban J connectivity index is 0.00000200. The first-order valence-corrected chi connectivity index (χ1v) is 8.50. The normalized spacial score (nSPS) is 18.1. The highest BCUT2D eigenvalue weighted by molar-refractivity contribution is 8.00. The molecule has 6 heteroatoms. The number of nitrogens with two attached hydrogens (primary N) is 1. The molecule has 0 aliphatic carbocycles. The molecule has 1 aromatic heterocycles. The van der Waals surface area contributed by atoms with Gasteiger partial charge in [-0.25, -0.2) is 0 Å². The van der Waals surface area contributed by atoms with Gasteiger partial charge in [-0.3, -0.25) is 4.79 Å². The van der Waals surface area contributed by atoms with Gasteiger partial charge in [0.05, 0.1) is 0 Å². The summed E-state index contributed by atoms with van der Waals surface area (Å²) < 4.78 is 0. The van der Waals surface area contributed by atoms with Crippen LogP contribution in [-0.4, -0.2) is 36.7 Å². The number of fused-ring (bicyclic) bond motifs is 1. The summed E-state index contributed by atoms with van der Waals surface area (Å²) in [6.45, 7) is 5.49. The highest BCUT2D eigenvalue weighted by atomic mass is 35.5. The third kappa shape index (κ3) is 3.91. The van der Waals surface area contributed by atoms with Crippen LogP contribution in [0.1, 0.15) is 29.5 Å². The van der Waals surface area contributed by atoms with Crippen LogP contribution in [0.25, 0.3) is 0 Å². The van der Waals surface area contributed by atoms with Crippen molar-refractivity contribution in [1.82, 2.24) is 4.90 Å². The highest BCUT2D eigenvalue weighted by Crippen LogP contribution is 2.40. The average Bonchev–Trinajstić information content (AvgIpc) is 2.85. The number of aryl methyl sites for hydroxylation is 1. The summed E-state index contributed by atoms with van der Waals surface area (Å²) >= 11 is 3.54. The summed E-state index contributed by atoms with van der Waals surface area (Å²) in [5, 5.41) is 2.08. The molecule has 2 heterocycles. The first-order chi connectivity index (χ1) is 8.94. The molecule has 0 fully saturated rings. The lowest BCUT2D eigenvalue weighted by Gasteiger charge is -2.32. The maximum absolute atomic E-state index is 12.6. The zero-order valence-electron chi connectivity index (χ0n) is 12.2. The summed E-state index contributed by atoms with van der Waals surface area (Å²) in [6, 6.07) is 2.11. The molecule has 0 radical (unpaired) electrons. The molecule has 2 N–H and O–H groups in total. The molecule has 1 amide bonds. The van der Waals surface area contributed by atoms with Gasteiger partial charge < -0.3 is 10.6 Å². The standard InChI is InChI=1S/C14H22N2OS2.ClH/c1-14(2,8-15)9-16(3)13(17)12-10-4-6-18-11(10)5-7-19-12;/h4,6,12H,5,7-9,15H2,1-3H3;1H. The zero-order chi connectivity index (χ0) is 14.0. The molecule has 1 atom stereocenters. The number of thiophene rings is 1. The number of nitrogens with zero attached hydrogens (tertiary/aromatic N) is 1. The maximum Gasteiger partial charge on any atom is 0.239 e. The second-order valence-corrected chi connectivity index (χ2v) is 8.08. The first-order valence-electron chi connectivity index (χ1n) is 6.57. The lowest BCUT2D eigenvalue weighted by molar-refractivity contribution is -0.130. The van der Waals surface area contributed by atoms with Gasteiger partial charge >= 0.3 is 0 Å². The number of hydrogen-bond donors (Lipinski definition) is 1. The van der Waals surface area contributed by atoms with Gasteiger partial charge in [-0.2, -0.15) is 0 Å². The van der Waals surface area contributed by atoms with Crippen LogP contribution in [-0.2, 0) is 11.2 Å². The van der Waals surface area contributed by atoms with Crippen LogP contribution in [0.3, 0.4) is 0 Å². The van der Waals surface area contributed by atoms with Gasteiger partial charge in [-0.1, -0.05) is 13.8 Å². The molecule has 0 aromatic carbocycles. The molecule has 1 aliphatic rings. The van der Waals surface area contributed by atoms with Crippen molar-refractivity contribution < 1.29 is 4.79 Å². The molecule has 0 saturated carbocycles. The minimum absolute atomic E-state index is 0. The lowest BCUT2D eigenvalue weighted by atomic mass is 9.93. The van der Waals surface area contributed by atoms with Crippen molar-refractivity contribution in [2.24, 2.45) is 11.1 Å². The molecule has 0 saturated heterocycles. The summed E-state index contributed by atoms with van der Waals surface area (Å²) in [5.41, 5.74) is 6.95. The first kappa shape index (κ1) is 17.8. The van der Waals surface area contributed by atoms with Crippen LogP contribution in [0.5, 0.6) is 0 Å². The van der Waals surface area contributed by atoms with E-state index in [1.165, 1.54) is 10.4 Å². The van der Waals surface area contributed by atoms with E-state index in [4.69, 9.17) is 5.73 Å². The fraction of sp³-hybridized carbons (Fsp3) is 0.643. The van der Waals surface area contributed by atoms with E-state index < -0.39 is 0 Å². The minimum atomic E-state index is -0.0266. The summed E-state index contributed by atoms with van der Waals surface area (Å²) in [5.74, 6) is 1.25. The summed E-state index contributed by atoms with van der Waals surface area (Å²) in [6.07, 6.45) is 1.10. The van der Waals surface area contributed by atoms with E-state index in [2.05, 4.69) is 25.3 Å².